The Morgan fingerprint density at radius 2 is 2.20 bits per heavy atom. The van der Waals surface area contributed by atoms with Gasteiger partial charge in [-0.1, -0.05) is 11.3 Å². The third kappa shape index (κ3) is 3.32. The summed E-state index contributed by atoms with van der Waals surface area (Å²) in [7, 11) is 0. The number of thiazole rings is 1. The van der Waals surface area contributed by atoms with E-state index in [1.807, 2.05) is 11.8 Å². The lowest BCUT2D eigenvalue weighted by Gasteiger charge is -2.11. The maximum atomic E-state index is 11.8. The first kappa shape index (κ1) is 15.3. The Morgan fingerprint density at radius 3 is 2.70 bits per heavy atom. The second-order valence-corrected chi connectivity index (χ2v) is 6.99. The van der Waals surface area contributed by atoms with E-state index < -0.39 is 5.97 Å². The van der Waals surface area contributed by atoms with Crippen molar-refractivity contribution in [2.45, 2.75) is 31.4 Å². The van der Waals surface area contributed by atoms with Gasteiger partial charge in [0.05, 0.1) is 6.61 Å². The quantitative estimate of drug-likeness (QED) is 0.616. The van der Waals surface area contributed by atoms with Crippen molar-refractivity contribution in [3.05, 3.63) is 10.6 Å². The summed E-state index contributed by atoms with van der Waals surface area (Å²) in [5, 5.41) is 3.85. The van der Waals surface area contributed by atoms with Gasteiger partial charge in [0.2, 0.25) is 0 Å². The number of nitrogens with zero attached hydrogens (tertiary/aromatic N) is 1. The first-order valence-corrected chi connectivity index (χ1v) is 8.53. The van der Waals surface area contributed by atoms with E-state index in [9.17, 15) is 9.59 Å². The number of aromatic nitrogens is 1. The highest BCUT2D eigenvalue weighted by molar-refractivity contribution is 8.00. The number of thioether (sulfide) groups is 1. The molecule has 1 N–H and O–H groups in total. The van der Waals surface area contributed by atoms with Gasteiger partial charge in [0.25, 0.3) is 0 Å². The van der Waals surface area contributed by atoms with Gasteiger partial charge in [-0.3, -0.25) is 4.79 Å². The summed E-state index contributed by atoms with van der Waals surface area (Å²) in [5.74, 6) is -0.697. The van der Waals surface area contributed by atoms with Crippen LogP contribution in [0.25, 0.3) is 0 Å². The number of carbonyl (C=O) groups excluding carboxylic acids is 2. The third-order valence-corrected chi connectivity index (χ3v) is 5.75. The van der Waals surface area contributed by atoms with Crippen molar-refractivity contribution in [1.29, 1.82) is 0 Å². The van der Waals surface area contributed by atoms with Gasteiger partial charge < -0.3 is 10.1 Å². The average molecular weight is 314 g/mol. The van der Waals surface area contributed by atoms with Crippen LogP contribution in [0.5, 0.6) is 0 Å². The van der Waals surface area contributed by atoms with Crippen molar-refractivity contribution in [2.75, 3.05) is 24.7 Å². The van der Waals surface area contributed by atoms with Gasteiger partial charge >= 0.3 is 5.97 Å². The maximum Gasteiger partial charge on any atom is 0.358 e. The summed E-state index contributed by atoms with van der Waals surface area (Å²) in [5.41, 5.74) is 0.126. The van der Waals surface area contributed by atoms with Crippen LogP contribution in [0, 0.1) is 0 Å². The van der Waals surface area contributed by atoms with Gasteiger partial charge in [0.15, 0.2) is 16.6 Å². The van der Waals surface area contributed by atoms with E-state index in [-0.39, 0.29) is 18.1 Å². The van der Waals surface area contributed by atoms with Crippen LogP contribution in [0.3, 0.4) is 0 Å². The van der Waals surface area contributed by atoms with Crippen LogP contribution in [0.4, 0.5) is 5.13 Å². The van der Waals surface area contributed by atoms with Crippen molar-refractivity contribution in [1.82, 2.24) is 4.98 Å². The van der Waals surface area contributed by atoms with Gasteiger partial charge in [-0.2, -0.15) is 11.8 Å². The molecule has 1 aliphatic rings. The average Bonchev–Trinajstić information content (AvgIpc) is 3.07. The Hall–Kier alpha value is -1.08. The number of nitrogens with one attached hydrogen (secondary N) is 1. The van der Waals surface area contributed by atoms with Crippen LogP contribution < -0.4 is 5.32 Å². The molecule has 1 aromatic heterocycles. The van der Waals surface area contributed by atoms with Gasteiger partial charge in [-0.05, 0) is 26.0 Å². The summed E-state index contributed by atoms with van der Waals surface area (Å²) < 4.78 is 5.23. The fourth-order valence-electron chi connectivity index (χ4n) is 1.80. The lowest BCUT2D eigenvalue weighted by Crippen LogP contribution is -2.17. The number of ether oxygens (including phenoxy) is 1. The molecule has 1 saturated carbocycles. The molecule has 0 unspecified atom stereocenters. The highest BCUT2D eigenvalue weighted by Crippen LogP contribution is 2.47. The second-order valence-electron chi connectivity index (χ2n) is 4.71. The lowest BCUT2D eigenvalue weighted by molar-refractivity contribution is 0.0517. The minimum absolute atomic E-state index is 0.126. The minimum atomic E-state index is -0.534. The first-order valence-electron chi connectivity index (χ1n) is 6.49. The maximum absolute atomic E-state index is 11.8. The Bertz CT molecular complexity index is 524. The third-order valence-electron chi connectivity index (χ3n) is 3.22. The molecule has 0 atom stereocenters. The largest absolute Gasteiger partial charge is 0.461 e. The Balaban J connectivity index is 2.12. The topological polar surface area (TPSA) is 68.3 Å². The predicted molar refractivity (Wildman–Crippen MR) is 82.0 cm³/mol. The van der Waals surface area contributed by atoms with E-state index in [2.05, 4.69) is 16.6 Å². The van der Waals surface area contributed by atoms with E-state index in [0.29, 0.717) is 14.8 Å². The van der Waals surface area contributed by atoms with Crippen LogP contribution >= 0.6 is 23.1 Å². The molecule has 0 amide bonds. The number of ketones is 1. The molecule has 1 fully saturated rings. The molecule has 20 heavy (non-hydrogen) atoms. The Kier molecular flexibility index (Phi) is 4.70. The summed E-state index contributed by atoms with van der Waals surface area (Å²) in [6.45, 7) is 4.24. The molecule has 0 radical (unpaired) electrons. The van der Waals surface area contributed by atoms with Crippen molar-refractivity contribution >= 4 is 40.0 Å². The minimum Gasteiger partial charge on any atom is -0.461 e. The number of hydrogen-bond acceptors (Lipinski definition) is 7. The van der Waals surface area contributed by atoms with Crippen LogP contribution in [-0.4, -0.2) is 40.9 Å². The number of carbonyl (C=O) groups is 2. The Morgan fingerprint density at radius 1 is 1.50 bits per heavy atom. The molecular formula is C13H18N2O3S2. The number of hydrogen-bond donors (Lipinski definition) is 1. The number of anilines is 1. The predicted octanol–water partition coefficient (Wildman–Crippen LogP) is 2.83. The zero-order valence-electron chi connectivity index (χ0n) is 11.8. The van der Waals surface area contributed by atoms with Gasteiger partial charge in [0.1, 0.15) is 4.88 Å². The molecule has 0 spiro atoms. The molecule has 7 heteroatoms. The van der Waals surface area contributed by atoms with Crippen LogP contribution in [0.15, 0.2) is 0 Å². The van der Waals surface area contributed by atoms with Crippen molar-refractivity contribution in [2.24, 2.45) is 0 Å². The molecule has 0 bridgehead atoms. The zero-order valence-corrected chi connectivity index (χ0v) is 13.4. The van der Waals surface area contributed by atoms with Gasteiger partial charge in [0, 0.05) is 18.2 Å². The fourth-order valence-corrected chi connectivity index (χ4v) is 3.37. The second kappa shape index (κ2) is 6.13. The number of Topliss-reactive ketones (excluding diaryl/α,β-unsaturated/α-hetero) is 1. The van der Waals surface area contributed by atoms with Crippen molar-refractivity contribution < 1.29 is 14.3 Å². The lowest BCUT2D eigenvalue weighted by atomic mass is 10.3. The molecule has 1 aromatic rings. The molecule has 0 aromatic carbocycles. The fraction of sp³-hybridized carbons (Fsp3) is 0.615. The van der Waals surface area contributed by atoms with E-state index in [4.69, 9.17) is 4.74 Å². The van der Waals surface area contributed by atoms with Gasteiger partial charge in [-0.25, -0.2) is 9.78 Å². The molecule has 5 nitrogen and oxygen atoms in total. The molecular weight excluding hydrogens is 296 g/mol. The van der Waals surface area contributed by atoms with Crippen LogP contribution in [0.2, 0.25) is 0 Å². The smallest absolute Gasteiger partial charge is 0.358 e. The molecule has 0 saturated heterocycles. The molecule has 1 aliphatic carbocycles. The van der Waals surface area contributed by atoms with Crippen molar-refractivity contribution in [3.8, 4) is 0 Å². The molecule has 0 aliphatic heterocycles. The monoisotopic (exact) mass is 314 g/mol. The highest BCUT2D eigenvalue weighted by Gasteiger charge is 2.41. The molecule has 2 rings (SSSR count). The number of esters is 1. The van der Waals surface area contributed by atoms with Crippen molar-refractivity contribution in [3.63, 3.8) is 0 Å². The molecule has 1 heterocycles. The highest BCUT2D eigenvalue weighted by atomic mass is 32.2. The van der Waals surface area contributed by atoms with Crippen LogP contribution in [0.1, 0.15) is 46.8 Å². The SMILES string of the molecule is CCOC(=O)c1nc(NCC2(SC)CC2)sc1C(C)=O. The first-order chi connectivity index (χ1) is 9.51. The zero-order chi connectivity index (χ0) is 14.8. The van der Waals surface area contributed by atoms with E-state index in [0.717, 1.165) is 6.54 Å². The normalized spacial score (nSPS) is 15.8. The van der Waals surface area contributed by atoms with Crippen LogP contribution in [-0.2, 0) is 4.74 Å². The number of rotatable bonds is 7. The molecule has 110 valence electrons. The van der Waals surface area contributed by atoms with E-state index in [1.165, 1.54) is 31.1 Å². The summed E-state index contributed by atoms with van der Waals surface area (Å²) in [4.78, 5) is 28.0. The van der Waals surface area contributed by atoms with E-state index >= 15 is 0 Å². The van der Waals surface area contributed by atoms with Gasteiger partial charge in [-0.15, -0.1) is 0 Å². The Labute approximate surface area is 126 Å². The summed E-state index contributed by atoms with van der Waals surface area (Å²) >= 11 is 3.06. The summed E-state index contributed by atoms with van der Waals surface area (Å²) in [6, 6.07) is 0. The standard InChI is InChI=1S/C13H18N2O3S2/c1-4-18-11(17)9-10(8(2)16)20-12(15-9)14-7-13(19-3)5-6-13/h4-7H2,1-3H3,(H,14,15). The van der Waals surface area contributed by atoms with E-state index in [1.54, 1.807) is 6.92 Å². The summed E-state index contributed by atoms with van der Waals surface area (Å²) in [6.07, 6.45) is 4.48.